The molecule has 0 spiro atoms. The van der Waals surface area contributed by atoms with Crippen LogP contribution in [-0.4, -0.2) is 41.4 Å². The number of hydrogen-bond donors (Lipinski definition) is 2. The van der Waals surface area contributed by atoms with Crippen molar-refractivity contribution in [2.24, 2.45) is 5.73 Å². The molecule has 0 bridgehead atoms. The van der Waals surface area contributed by atoms with E-state index in [1.807, 2.05) is 24.3 Å². The van der Waals surface area contributed by atoms with Gasteiger partial charge < -0.3 is 15.4 Å². The average molecular weight is 273 g/mol. The van der Waals surface area contributed by atoms with Crippen LogP contribution in [-0.2, 0) is 0 Å². The number of anilines is 1. The molecule has 6 heteroatoms. The summed E-state index contributed by atoms with van der Waals surface area (Å²) in [7, 11) is 1.65. The number of hydrogen-bond acceptors (Lipinski definition) is 5. The largest absolute Gasteiger partial charge is 0.497 e. The number of rotatable bonds is 3. The Bertz CT molecular complexity index is 582. The minimum atomic E-state index is 0.211. The van der Waals surface area contributed by atoms with Crippen LogP contribution < -0.4 is 15.4 Å². The number of nitrogens with two attached hydrogens (primary N) is 1. The van der Waals surface area contributed by atoms with Crippen molar-refractivity contribution in [2.75, 3.05) is 25.1 Å². The summed E-state index contributed by atoms with van der Waals surface area (Å²) in [5.41, 5.74) is 6.96. The maximum absolute atomic E-state index is 5.99. The van der Waals surface area contributed by atoms with Crippen molar-refractivity contribution < 1.29 is 4.74 Å². The van der Waals surface area contributed by atoms with Gasteiger partial charge in [0.2, 0.25) is 5.95 Å². The Kier molecular flexibility index (Phi) is 3.56. The Morgan fingerprint density at radius 2 is 2.35 bits per heavy atom. The van der Waals surface area contributed by atoms with Crippen LogP contribution in [0.1, 0.15) is 12.8 Å². The highest BCUT2D eigenvalue weighted by molar-refractivity contribution is 5.58. The highest BCUT2D eigenvalue weighted by Gasteiger charge is 2.20. The van der Waals surface area contributed by atoms with E-state index in [2.05, 4.69) is 20.1 Å². The van der Waals surface area contributed by atoms with E-state index < -0.39 is 0 Å². The summed E-state index contributed by atoms with van der Waals surface area (Å²) in [6, 6.07) is 7.97. The lowest BCUT2D eigenvalue weighted by atomic mass is 10.1. The first-order valence-electron chi connectivity index (χ1n) is 6.83. The van der Waals surface area contributed by atoms with E-state index in [4.69, 9.17) is 10.5 Å². The van der Waals surface area contributed by atoms with Gasteiger partial charge in [0.15, 0.2) is 5.82 Å². The molecule has 1 unspecified atom stereocenters. The van der Waals surface area contributed by atoms with Crippen LogP contribution in [0.2, 0.25) is 0 Å². The molecule has 1 aliphatic heterocycles. The molecule has 0 aliphatic carbocycles. The molecular weight excluding hydrogens is 254 g/mol. The molecule has 2 heterocycles. The highest BCUT2D eigenvalue weighted by atomic mass is 16.5. The minimum absolute atomic E-state index is 0.211. The van der Waals surface area contributed by atoms with E-state index in [1.54, 1.807) is 7.11 Å². The first-order chi connectivity index (χ1) is 9.76. The second kappa shape index (κ2) is 5.50. The first kappa shape index (κ1) is 12.9. The Labute approximate surface area is 118 Å². The van der Waals surface area contributed by atoms with Gasteiger partial charge in [-0.15, -0.1) is 5.10 Å². The molecule has 3 N–H and O–H groups in total. The second-order valence-electron chi connectivity index (χ2n) is 5.06. The van der Waals surface area contributed by atoms with E-state index in [9.17, 15) is 0 Å². The summed E-state index contributed by atoms with van der Waals surface area (Å²) >= 11 is 0. The molecule has 3 rings (SSSR count). The fourth-order valence-corrected chi connectivity index (χ4v) is 2.49. The fraction of sp³-hybridized carbons (Fsp3) is 0.429. The maximum atomic E-state index is 5.99. The van der Waals surface area contributed by atoms with Gasteiger partial charge in [-0.25, -0.2) is 0 Å². The van der Waals surface area contributed by atoms with Crippen molar-refractivity contribution in [3.05, 3.63) is 24.3 Å². The number of ether oxygens (including phenoxy) is 1. The van der Waals surface area contributed by atoms with Crippen LogP contribution in [0.5, 0.6) is 5.75 Å². The third-order valence-corrected chi connectivity index (χ3v) is 3.56. The second-order valence-corrected chi connectivity index (χ2v) is 5.06. The van der Waals surface area contributed by atoms with Crippen molar-refractivity contribution in [2.45, 2.75) is 18.9 Å². The number of aromatic nitrogens is 3. The van der Waals surface area contributed by atoms with Gasteiger partial charge in [-0.05, 0) is 25.0 Å². The smallest absolute Gasteiger partial charge is 0.245 e. The van der Waals surface area contributed by atoms with Crippen LogP contribution in [0, 0.1) is 0 Å². The minimum Gasteiger partial charge on any atom is -0.497 e. The Hall–Kier alpha value is -2.08. The molecule has 0 amide bonds. The monoisotopic (exact) mass is 273 g/mol. The quantitative estimate of drug-likeness (QED) is 0.883. The average Bonchev–Trinajstić information content (AvgIpc) is 2.97. The van der Waals surface area contributed by atoms with Crippen molar-refractivity contribution in [1.29, 1.82) is 0 Å². The number of H-pyrrole nitrogens is 1. The molecule has 2 aromatic rings. The van der Waals surface area contributed by atoms with Crippen LogP contribution in [0.25, 0.3) is 11.4 Å². The zero-order valence-corrected chi connectivity index (χ0v) is 11.5. The van der Waals surface area contributed by atoms with Gasteiger partial charge in [-0.3, -0.25) is 5.10 Å². The van der Waals surface area contributed by atoms with Crippen LogP contribution in [0.3, 0.4) is 0 Å². The number of piperidine rings is 1. The van der Waals surface area contributed by atoms with E-state index in [-0.39, 0.29) is 6.04 Å². The van der Waals surface area contributed by atoms with Crippen LogP contribution in [0.4, 0.5) is 5.95 Å². The molecular formula is C14H19N5O. The number of aromatic amines is 1. The standard InChI is InChI=1S/C14H19N5O/c1-20-12-6-2-4-10(8-12)13-16-14(18-17-13)19-7-3-5-11(15)9-19/h2,4,6,8,11H,3,5,7,9,15H2,1H3,(H,16,17,18). The van der Waals surface area contributed by atoms with Crippen LogP contribution in [0.15, 0.2) is 24.3 Å². The van der Waals surface area contributed by atoms with Gasteiger partial charge >= 0.3 is 0 Å². The predicted octanol–water partition coefficient (Wildman–Crippen LogP) is 1.41. The summed E-state index contributed by atoms with van der Waals surface area (Å²) in [4.78, 5) is 6.70. The zero-order chi connectivity index (χ0) is 13.9. The third-order valence-electron chi connectivity index (χ3n) is 3.56. The van der Waals surface area contributed by atoms with Crippen molar-refractivity contribution in [3.8, 4) is 17.1 Å². The third kappa shape index (κ3) is 2.60. The molecule has 1 atom stereocenters. The lowest BCUT2D eigenvalue weighted by molar-refractivity contribution is 0.415. The number of nitrogens with one attached hydrogen (secondary N) is 1. The van der Waals surface area contributed by atoms with Gasteiger partial charge in [0.25, 0.3) is 0 Å². The summed E-state index contributed by atoms with van der Waals surface area (Å²) in [5, 5.41) is 7.29. The molecule has 0 saturated carbocycles. The molecule has 6 nitrogen and oxygen atoms in total. The topological polar surface area (TPSA) is 80.1 Å². The van der Waals surface area contributed by atoms with Crippen LogP contribution >= 0.6 is 0 Å². The number of benzene rings is 1. The van der Waals surface area contributed by atoms with Crippen molar-refractivity contribution in [1.82, 2.24) is 15.2 Å². The van der Waals surface area contributed by atoms with Gasteiger partial charge in [0.05, 0.1) is 7.11 Å². The molecule has 1 aliphatic rings. The van der Waals surface area contributed by atoms with Crippen molar-refractivity contribution in [3.63, 3.8) is 0 Å². The molecule has 1 aromatic carbocycles. The molecule has 20 heavy (non-hydrogen) atoms. The zero-order valence-electron chi connectivity index (χ0n) is 11.5. The normalized spacial score (nSPS) is 19.1. The van der Waals surface area contributed by atoms with Gasteiger partial charge in [0, 0.05) is 24.7 Å². The Balaban J connectivity index is 1.82. The first-order valence-corrected chi connectivity index (χ1v) is 6.83. The lowest BCUT2D eigenvalue weighted by Gasteiger charge is -2.29. The van der Waals surface area contributed by atoms with E-state index >= 15 is 0 Å². The summed E-state index contributed by atoms with van der Waals surface area (Å²) in [5.74, 6) is 2.27. The van der Waals surface area contributed by atoms with E-state index in [1.165, 1.54) is 0 Å². The Morgan fingerprint density at radius 1 is 1.45 bits per heavy atom. The predicted molar refractivity (Wildman–Crippen MR) is 77.8 cm³/mol. The SMILES string of the molecule is COc1cccc(-c2nc(N3CCCC(N)C3)n[nH]2)c1. The molecule has 1 fully saturated rings. The number of nitrogens with zero attached hydrogens (tertiary/aromatic N) is 3. The van der Waals surface area contributed by atoms with Gasteiger partial charge in [-0.1, -0.05) is 12.1 Å². The number of methoxy groups -OCH3 is 1. The molecule has 0 radical (unpaired) electrons. The fourth-order valence-electron chi connectivity index (χ4n) is 2.49. The summed E-state index contributed by atoms with van der Waals surface area (Å²) < 4.78 is 5.22. The summed E-state index contributed by atoms with van der Waals surface area (Å²) in [6.07, 6.45) is 2.16. The highest BCUT2D eigenvalue weighted by Crippen LogP contribution is 2.23. The maximum Gasteiger partial charge on any atom is 0.245 e. The van der Waals surface area contributed by atoms with E-state index in [0.29, 0.717) is 0 Å². The molecule has 1 aromatic heterocycles. The lowest BCUT2D eigenvalue weighted by Crippen LogP contribution is -2.43. The van der Waals surface area contributed by atoms with Gasteiger partial charge in [-0.2, -0.15) is 4.98 Å². The molecule has 106 valence electrons. The van der Waals surface area contributed by atoms with E-state index in [0.717, 1.165) is 49.0 Å². The Morgan fingerprint density at radius 3 is 3.15 bits per heavy atom. The molecule has 1 saturated heterocycles. The summed E-state index contributed by atoms with van der Waals surface area (Å²) in [6.45, 7) is 1.78. The van der Waals surface area contributed by atoms with Crippen molar-refractivity contribution >= 4 is 5.95 Å². The van der Waals surface area contributed by atoms with Gasteiger partial charge in [0.1, 0.15) is 5.75 Å².